The molecule has 2 aromatic carbocycles. The number of para-hydroxylation sites is 1. The summed E-state index contributed by atoms with van der Waals surface area (Å²) in [6.45, 7) is 0. The summed E-state index contributed by atoms with van der Waals surface area (Å²) < 4.78 is 0. The highest BCUT2D eigenvalue weighted by molar-refractivity contribution is 7.98. The number of thioether (sulfide) groups is 1. The summed E-state index contributed by atoms with van der Waals surface area (Å²) in [6.07, 6.45) is 3.46. The fourth-order valence-corrected chi connectivity index (χ4v) is 2.74. The van der Waals surface area contributed by atoms with E-state index in [0.29, 0.717) is 11.3 Å². The first-order valence-corrected chi connectivity index (χ1v) is 8.43. The van der Waals surface area contributed by atoms with Crippen LogP contribution in [0.5, 0.6) is 0 Å². The van der Waals surface area contributed by atoms with Gasteiger partial charge in [0.2, 0.25) is 0 Å². The highest BCUT2D eigenvalue weighted by Gasteiger charge is 2.36. The fourth-order valence-electron chi connectivity index (χ4n) is 2.34. The molecule has 0 atom stereocenters. The lowest BCUT2D eigenvalue weighted by Crippen LogP contribution is -2.54. The molecule has 1 saturated heterocycles. The van der Waals surface area contributed by atoms with E-state index in [1.54, 1.807) is 42.1 Å². The summed E-state index contributed by atoms with van der Waals surface area (Å²) in [6, 6.07) is 15.2. The molecule has 4 amide bonds. The Morgan fingerprint density at radius 2 is 1.62 bits per heavy atom. The predicted molar refractivity (Wildman–Crippen MR) is 93.7 cm³/mol. The predicted octanol–water partition coefficient (Wildman–Crippen LogP) is 3.07. The SMILES string of the molecule is CSc1ccc(/C=C2\C(=O)NC(=O)N(c3ccccc3)C2=O)cc1. The zero-order valence-electron chi connectivity index (χ0n) is 12.9. The Balaban J connectivity index is 1.97. The van der Waals surface area contributed by atoms with Gasteiger partial charge in [0, 0.05) is 4.90 Å². The quantitative estimate of drug-likeness (QED) is 0.531. The zero-order chi connectivity index (χ0) is 17.1. The summed E-state index contributed by atoms with van der Waals surface area (Å²) in [5, 5.41) is 2.21. The van der Waals surface area contributed by atoms with Crippen molar-refractivity contribution in [3.05, 3.63) is 65.7 Å². The van der Waals surface area contributed by atoms with Gasteiger partial charge in [-0.3, -0.25) is 14.9 Å². The van der Waals surface area contributed by atoms with E-state index in [9.17, 15) is 14.4 Å². The van der Waals surface area contributed by atoms with Crippen LogP contribution in [0.1, 0.15) is 5.56 Å². The maximum Gasteiger partial charge on any atom is 0.335 e. The van der Waals surface area contributed by atoms with Gasteiger partial charge in [0.1, 0.15) is 5.57 Å². The van der Waals surface area contributed by atoms with Gasteiger partial charge in [0.05, 0.1) is 5.69 Å². The molecule has 0 unspecified atom stereocenters. The Morgan fingerprint density at radius 1 is 0.958 bits per heavy atom. The number of benzene rings is 2. The molecule has 0 bridgehead atoms. The largest absolute Gasteiger partial charge is 0.335 e. The second kappa shape index (κ2) is 6.72. The third-order valence-corrected chi connectivity index (χ3v) is 4.29. The van der Waals surface area contributed by atoms with Crippen LogP contribution in [0, 0.1) is 0 Å². The molecule has 1 aliphatic heterocycles. The molecule has 0 aromatic heterocycles. The van der Waals surface area contributed by atoms with Crippen LogP contribution in [0.3, 0.4) is 0 Å². The number of barbiturate groups is 1. The number of hydrogen-bond donors (Lipinski definition) is 1. The Kier molecular flexibility index (Phi) is 4.48. The zero-order valence-corrected chi connectivity index (χ0v) is 13.7. The molecule has 5 nitrogen and oxygen atoms in total. The van der Waals surface area contributed by atoms with E-state index in [-0.39, 0.29) is 5.57 Å². The van der Waals surface area contributed by atoms with Gasteiger partial charge < -0.3 is 0 Å². The van der Waals surface area contributed by atoms with Crippen LogP contribution in [0.2, 0.25) is 0 Å². The minimum absolute atomic E-state index is 0.0737. The molecule has 1 aliphatic rings. The third-order valence-electron chi connectivity index (χ3n) is 3.54. The Labute approximate surface area is 143 Å². The molecule has 6 heteroatoms. The van der Waals surface area contributed by atoms with Crippen LogP contribution < -0.4 is 10.2 Å². The molecular weight excluding hydrogens is 324 g/mol. The standard InChI is InChI=1S/C18H14N2O3S/c1-24-14-9-7-12(8-10-14)11-15-16(21)19-18(23)20(17(15)22)13-5-3-2-4-6-13/h2-11H,1H3,(H,19,21,23)/b15-11+. The normalized spacial score (nSPS) is 16.5. The van der Waals surface area contributed by atoms with Crippen molar-refractivity contribution in [2.75, 3.05) is 11.2 Å². The van der Waals surface area contributed by atoms with E-state index in [1.807, 2.05) is 30.5 Å². The number of nitrogens with one attached hydrogen (secondary N) is 1. The van der Waals surface area contributed by atoms with Crippen molar-refractivity contribution >= 4 is 41.4 Å². The van der Waals surface area contributed by atoms with E-state index >= 15 is 0 Å². The topological polar surface area (TPSA) is 66.5 Å². The van der Waals surface area contributed by atoms with Crippen molar-refractivity contribution < 1.29 is 14.4 Å². The van der Waals surface area contributed by atoms with Gasteiger partial charge in [-0.05, 0) is 42.2 Å². The smallest absolute Gasteiger partial charge is 0.273 e. The van der Waals surface area contributed by atoms with Gasteiger partial charge in [-0.25, -0.2) is 9.69 Å². The van der Waals surface area contributed by atoms with Crippen molar-refractivity contribution in [2.24, 2.45) is 0 Å². The first kappa shape index (κ1) is 16.0. The van der Waals surface area contributed by atoms with Gasteiger partial charge in [-0.2, -0.15) is 0 Å². The van der Waals surface area contributed by atoms with Crippen LogP contribution in [-0.2, 0) is 9.59 Å². The molecule has 0 saturated carbocycles. The average molecular weight is 338 g/mol. The minimum Gasteiger partial charge on any atom is -0.273 e. The summed E-state index contributed by atoms with van der Waals surface area (Å²) in [5.74, 6) is -1.32. The number of urea groups is 1. The molecule has 1 heterocycles. The summed E-state index contributed by atoms with van der Waals surface area (Å²) in [5.41, 5.74) is 1.06. The number of rotatable bonds is 3. The molecule has 1 fully saturated rings. The molecular formula is C18H14N2O3S. The minimum atomic E-state index is -0.744. The maximum atomic E-state index is 12.6. The maximum absolute atomic E-state index is 12.6. The summed E-state index contributed by atoms with van der Waals surface area (Å²) in [7, 11) is 0. The van der Waals surface area contributed by atoms with Crippen molar-refractivity contribution in [1.29, 1.82) is 0 Å². The Morgan fingerprint density at radius 3 is 2.25 bits per heavy atom. The molecule has 2 aromatic rings. The highest BCUT2D eigenvalue weighted by Crippen LogP contribution is 2.22. The molecule has 0 spiro atoms. The number of carbonyl (C=O) groups is 3. The molecule has 0 aliphatic carbocycles. The van der Waals surface area contributed by atoms with Crippen molar-refractivity contribution in [3.8, 4) is 0 Å². The number of amides is 4. The van der Waals surface area contributed by atoms with Crippen LogP contribution in [0.4, 0.5) is 10.5 Å². The molecule has 1 N–H and O–H groups in total. The molecule has 0 radical (unpaired) electrons. The lowest BCUT2D eigenvalue weighted by Gasteiger charge is -2.26. The summed E-state index contributed by atoms with van der Waals surface area (Å²) in [4.78, 5) is 38.8. The number of carbonyl (C=O) groups excluding carboxylic acids is 3. The number of anilines is 1. The lowest BCUT2D eigenvalue weighted by atomic mass is 10.1. The van der Waals surface area contributed by atoms with Crippen molar-refractivity contribution in [1.82, 2.24) is 5.32 Å². The van der Waals surface area contributed by atoms with Crippen molar-refractivity contribution in [3.63, 3.8) is 0 Å². The van der Waals surface area contributed by atoms with Crippen LogP contribution in [0.15, 0.2) is 65.1 Å². The van der Waals surface area contributed by atoms with Crippen LogP contribution in [0.25, 0.3) is 6.08 Å². The second-order valence-electron chi connectivity index (χ2n) is 5.07. The Bertz CT molecular complexity index is 829. The van der Waals surface area contributed by atoms with Gasteiger partial charge in [0.15, 0.2) is 0 Å². The third kappa shape index (κ3) is 3.09. The molecule has 24 heavy (non-hydrogen) atoms. The van der Waals surface area contributed by atoms with E-state index < -0.39 is 17.8 Å². The number of nitrogens with zero attached hydrogens (tertiary/aromatic N) is 1. The van der Waals surface area contributed by atoms with Crippen molar-refractivity contribution in [2.45, 2.75) is 4.90 Å². The van der Waals surface area contributed by atoms with E-state index in [1.165, 1.54) is 6.08 Å². The molecule has 3 rings (SSSR count). The number of imide groups is 2. The summed E-state index contributed by atoms with van der Waals surface area (Å²) >= 11 is 1.60. The van der Waals surface area contributed by atoms with Gasteiger partial charge in [-0.1, -0.05) is 30.3 Å². The highest BCUT2D eigenvalue weighted by atomic mass is 32.2. The fraction of sp³-hybridized carbons (Fsp3) is 0.0556. The first-order chi connectivity index (χ1) is 11.6. The van der Waals surface area contributed by atoms with Gasteiger partial charge in [0.25, 0.3) is 11.8 Å². The Hall–Kier alpha value is -2.86. The van der Waals surface area contributed by atoms with Gasteiger partial charge >= 0.3 is 6.03 Å². The van der Waals surface area contributed by atoms with E-state index in [2.05, 4.69) is 5.32 Å². The first-order valence-electron chi connectivity index (χ1n) is 7.20. The van der Waals surface area contributed by atoms with Crippen LogP contribution in [-0.4, -0.2) is 24.1 Å². The monoisotopic (exact) mass is 338 g/mol. The van der Waals surface area contributed by atoms with E-state index in [0.717, 1.165) is 9.80 Å². The molecule has 120 valence electrons. The second-order valence-corrected chi connectivity index (χ2v) is 5.95. The van der Waals surface area contributed by atoms with Crippen LogP contribution >= 0.6 is 11.8 Å². The van der Waals surface area contributed by atoms with Gasteiger partial charge in [-0.15, -0.1) is 11.8 Å². The number of hydrogen-bond acceptors (Lipinski definition) is 4. The lowest BCUT2D eigenvalue weighted by molar-refractivity contribution is -0.122. The average Bonchev–Trinajstić information content (AvgIpc) is 2.60. The van der Waals surface area contributed by atoms with E-state index in [4.69, 9.17) is 0 Å².